The summed E-state index contributed by atoms with van der Waals surface area (Å²) in [5.41, 5.74) is 1.85. The van der Waals surface area contributed by atoms with Crippen LogP contribution in [0.5, 0.6) is 5.75 Å². The molecule has 7 heteroatoms. The minimum absolute atomic E-state index is 0.00604. The lowest BCUT2D eigenvalue weighted by Crippen LogP contribution is -2.55. The first kappa shape index (κ1) is 17.9. The highest BCUT2D eigenvalue weighted by Crippen LogP contribution is 2.33. The van der Waals surface area contributed by atoms with E-state index in [1.54, 1.807) is 34.6 Å². The molecular weight excluding hydrogens is 386 g/mol. The molecule has 0 radical (unpaired) electrons. The normalized spacial score (nSPS) is 16.6. The molecule has 0 aliphatic carbocycles. The van der Waals surface area contributed by atoms with Crippen LogP contribution in [0, 0.1) is 0 Å². The maximum absolute atomic E-state index is 12.4. The SMILES string of the molecule is O=C1CCc2cc(/C=C/C(=O)N3CC(Oc4csc5ccccc45)C3)cnc2N1. The second-order valence-electron chi connectivity index (χ2n) is 7.24. The number of hydrogen-bond acceptors (Lipinski definition) is 5. The Kier molecular flexibility index (Phi) is 4.52. The van der Waals surface area contributed by atoms with Crippen LogP contribution in [-0.2, 0) is 16.0 Å². The molecule has 146 valence electrons. The number of nitrogens with zero attached hydrogens (tertiary/aromatic N) is 2. The molecule has 2 aliphatic heterocycles. The molecule has 6 nitrogen and oxygen atoms in total. The Morgan fingerprint density at radius 3 is 3.03 bits per heavy atom. The van der Waals surface area contributed by atoms with Crippen LogP contribution in [0.4, 0.5) is 5.82 Å². The summed E-state index contributed by atoms with van der Waals surface area (Å²) in [5, 5.41) is 5.91. The maximum atomic E-state index is 12.4. The Hall–Kier alpha value is -3.19. The van der Waals surface area contributed by atoms with E-state index in [2.05, 4.69) is 22.4 Å². The molecule has 4 heterocycles. The molecule has 0 atom stereocenters. The van der Waals surface area contributed by atoms with Crippen molar-refractivity contribution in [3.63, 3.8) is 0 Å². The van der Waals surface area contributed by atoms with Gasteiger partial charge in [-0.3, -0.25) is 9.59 Å². The summed E-state index contributed by atoms with van der Waals surface area (Å²) in [5.74, 6) is 1.47. The first-order chi connectivity index (χ1) is 14.2. The monoisotopic (exact) mass is 405 g/mol. The van der Waals surface area contributed by atoms with Gasteiger partial charge in [-0.05, 0) is 41.8 Å². The molecule has 2 amide bonds. The van der Waals surface area contributed by atoms with Crippen LogP contribution in [0.15, 0.2) is 48.0 Å². The first-order valence-electron chi connectivity index (χ1n) is 9.54. The Labute approximate surface area is 171 Å². The number of fused-ring (bicyclic) bond motifs is 2. The molecule has 2 aromatic heterocycles. The van der Waals surface area contributed by atoms with Crippen LogP contribution in [0.1, 0.15) is 17.5 Å². The number of pyridine rings is 1. The van der Waals surface area contributed by atoms with Gasteiger partial charge in [0.15, 0.2) is 0 Å². The van der Waals surface area contributed by atoms with Crippen molar-refractivity contribution in [2.24, 2.45) is 0 Å². The molecular formula is C22H19N3O3S. The summed E-state index contributed by atoms with van der Waals surface area (Å²) in [6.45, 7) is 1.17. The number of nitrogens with one attached hydrogen (secondary N) is 1. The van der Waals surface area contributed by atoms with Gasteiger partial charge in [0.05, 0.1) is 13.1 Å². The summed E-state index contributed by atoms with van der Waals surface area (Å²) in [7, 11) is 0. The van der Waals surface area contributed by atoms with Gasteiger partial charge < -0.3 is 15.0 Å². The highest BCUT2D eigenvalue weighted by atomic mass is 32.1. The van der Waals surface area contributed by atoms with Crippen molar-refractivity contribution < 1.29 is 14.3 Å². The van der Waals surface area contributed by atoms with Crippen molar-refractivity contribution in [1.29, 1.82) is 0 Å². The highest BCUT2D eigenvalue weighted by Gasteiger charge is 2.31. The number of aryl methyl sites for hydroxylation is 1. The van der Waals surface area contributed by atoms with Gasteiger partial charge in [0.25, 0.3) is 0 Å². The maximum Gasteiger partial charge on any atom is 0.246 e. The van der Waals surface area contributed by atoms with E-state index in [4.69, 9.17) is 4.74 Å². The quantitative estimate of drug-likeness (QED) is 0.675. The largest absolute Gasteiger partial charge is 0.485 e. The van der Waals surface area contributed by atoms with E-state index < -0.39 is 0 Å². The number of thiophene rings is 1. The third-order valence-corrected chi connectivity index (χ3v) is 6.13. The van der Waals surface area contributed by atoms with Gasteiger partial charge in [-0.1, -0.05) is 12.1 Å². The van der Waals surface area contributed by atoms with Gasteiger partial charge in [-0.2, -0.15) is 0 Å². The molecule has 3 aromatic rings. The molecule has 1 fully saturated rings. The molecule has 29 heavy (non-hydrogen) atoms. The molecule has 0 bridgehead atoms. The van der Waals surface area contributed by atoms with Crippen molar-refractivity contribution in [1.82, 2.24) is 9.88 Å². The number of aromatic nitrogens is 1. The van der Waals surface area contributed by atoms with Crippen LogP contribution >= 0.6 is 11.3 Å². The predicted molar refractivity (Wildman–Crippen MR) is 113 cm³/mol. The third-order valence-electron chi connectivity index (χ3n) is 5.18. The van der Waals surface area contributed by atoms with Gasteiger partial charge in [0, 0.05) is 34.2 Å². The van der Waals surface area contributed by atoms with E-state index in [9.17, 15) is 9.59 Å². The number of rotatable bonds is 4. The number of carbonyl (C=O) groups excluding carboxylic acids is 2. The standard InChI is InChI=1S/C22H19N3O3S/c26-20-7-6-15-9-14(10-23-22(15)24-20)5-8-21(27)25-11-16(12-25)28-18-13-29-19-4-2-1-3-17(18)19/h1-5,8-10,13,16H,6-7,11-12H2,(H,23,24,26)/b8-5+. The van der Waals surface area contributed by atoms with E-state index in [0.29, 0.717) is 31.7 Å². The van der Waals surface area contributed by atoms with Gasteiger partial charge >= 0.3 is 0 Å². The van der Waals surface area contributed by atoms with Gasteiger partial charge in [-0.25, -0.2) is 4.98 Å². The molecule has 0 saturated carbocycles. The van der Waals surface area contributed by atoms with Crippen LogP contribution in [-0.4, -0.2) is 40.9 Å². The summed E-state index contributed by atoms with van der Waals surface area (Å²) in [6, 6.07) is 10.1. The van der Waals surface area contributed by atoms with E-state index in [1.165, 1.54) is 4.70 Å². The molecule has 0 unspecified atom stereocenters. The molecule has 5 rings (SSSR count). The van der Waals surface area contributed by atoms with Crippen LogP contribution in [0.25, 0.3) is 16.2 Å². The predicted octanol–water partition coefficient (Wildman–Crippen LogP) is 3.48. The molecule has 2 aliphatic rings. The molecule has 1 aromatic carbocycles. The fourth-order valence-electron chi connectivity index (χ4n) is 3.56. The second-order valence-corrected chi connectivity index (χ2v) is 8.15. The van der Waals surface area contributed by atoms with Gasteiger partial charge in [0.2, 0.25) is 11.8 Å². The fraction of sp³-hybridized carbons (Fsp3) is 0.227. The average molecular weight is 405 g/mol. The van der Waals surface area contributed by atoms with Gasteiger partial charge in [-0.15, -0.1) is 11.3 Å². The van der Waals surface area contributed by atoms with E-state index in [-0.39, 0.29) is 17.9 Å². The molecule has 0 spiro atoms. The smallest absolute Gasteiger partial charge is 0.246 e. The number of anilines is 1. The van der Waals surface area contributed by atoms with E-state index in [1.807, 2.05) is 23.6 Å². The van der Waals surface area contributed by atoms with Gasteiger partial charge in [0.1, 0.15) is 17.7 Å². The van der Waals surface area contributed by atoms with Crippen molar-refractivity contribution in [3.05, 3.63) is 59.1 Å². The Bertz CT molecular complexity index is 1130. The minimum Gasteiger partial charge on any atom is -0.485 e. The zero-order valence-electron chi connectivity index (χ0n) is 15.6. The Morgan fingerprint density at radius 1 is 1.28 bits per heavy atom. The van der Waals surface area contributed by atoms with Crippen LogP contribution in [0.2, 0.25) is 0 Å². The zero-order chi connectivity index (χ0) is 19.8. The Morgan fingerprint density at radius 2 is 2.14 bits per heavy atom. The van der Waals surface area contributed by atoms with Crippen molar-refractivity contribution in [2.75, 3.05) is 18.4 Å². The second kappa shape index (κ2) is 7.33. The topological polar surface area (TPSA) is 71.5 Å². The number of likely N-dealkylation sites (tertiary alicyclic amines) is 1. The van der Waals surface area contributed by atoms with Crippen molar-refractivity contribution in [3.8, 4) is 5.75 Å². The van der Waals surface area contributed by atoms with E-state index in [0.717, 1.165) is 22.3 Å². The summed E-state index contributed by atoms with van der Waals surface area (Å²) in [4.78, 5) is 29.8. The molecule has 1 N–H and O–H groups in total. The fourth-order valence-corrected chi connectivity index (χ4v) is 4.42. The minimum atomic E-state index is -0.0361. The summed E-state index contributed by atoms with van der Waals surface area (Å²) in [6.07, 6.45) is 6.17. The summed E-state index contributed by atoms with van der Waals surface area (Å²) < 4.78 is 7.27. The number of benzene rings is 1. The highest BCUT2D eigenvalue weighted by molar-refractivity contribution is 7.17. The lowest BCUT2D eigenvalue weighted by atomic mass is 10.0. The Balaban J connectivity index is 1.17. The van der Waals surface area contributed by atoms with E-state index >= 15 is 0 Å². The summed E-state index contributed by atoms with van der Waals surface area (Å²) >= 11 is 1.67. The lowest BCUT2D eigenvalue weighted by Gasteiger charge is -2.38. The van der Waals surface area contributed by atoms with Crippen LogP contribution in [0.3, 0.4) is 0 Å². The lowest BCUT2D eigenvalue weighted by molar-refractivity contribution is -0.134. The van der Waals surface area contributed by atoms with Crippen LogP contribution < -0.4 is 10.1 Å². The number of amides is 2. The number of carbonyl (C=O) groups is 2. The first-order valence-corrected chi connectivity index (χ1v) is 10.4. The average Bonchev–Trinajstić information content (AvgIpc) is 3.11. The molecule has 1 saturated heterocycles. The van der Waals surface area contributed by atoms with Crippen molar-refractivity contribution in [2.45, 2.75) is 18.9 Å². The number of hydrogen-bond donors (Lipinski definition) is 1. The van der Waals surface area contributed by atoms with Crippen molar-refractivity contribution >= 4 is 45.1 Å². The third kappa shape index (κ3) is 3.61. The zero-order valence-corrected chi connectivity index (χ0v) is 16.4. The number of ether oxygens (including phenoxy) is 1.